The summed E-state index contributed by atoms with van der Waals surface area (Å²) in [4.78, 5) is 18.2. The van der Waals surface area contributed by atoms with E-state index >= 15 is 0 Å². The first-order valence-electron chi connectivity index (χ1n) is 11.1. The molecule has 0 radical (unpaired) electrons. The molecule has 0 saturated heterocycles. The van der Waals surface area contributed by atoms with E-state index in [-0.39, 0.29) is 17.5 Å². The van der Waals surface area contributed by atoms with Crippen LogP contribution in [0.25, 0.3) is 33.5 Å². The second-order valence-electron chi connectivity index (χ2n) is 8.30. The van der Waals surface area contributed by atoms with Gasteiger partial charge in [0, 0.05) is 20.4 Å². The summed E-state index contributed by atoms with van der Waals surface area (Å²) in [5, 5.41) is 6.34. The molecule has 5 rings (SSSR count). The Morgan fingerprint density at radius 1 is 1.11 bits per heavy atom. The monoisotopic (exact) mass is 565 g/mol. The van der Waals surface area contributed by atoms with Crippen molar-refractivity contribution >= 4 is 55.6 Å². The van der Waals surface area contributed by atoms with Gasteiger partial charge in [0.15, 0.2) is 17.3 Å². The Bertz CT molecular complexity index is 1690. The third kappa shape index (κ3) is 4.62. The minimum absolute atomic E-state index is 0.0196. The van der Waals surface area contributed by atoms with Crippen LogP contribution >= 0.6 is 27.5 Å². The molecule has 7 nitrogen and oxygen atoms in total. The van der Waals surface area contributed by atoms with Gasteiger partial charge in [-0.05, 0) is 78.3 Å². The van der Waals surface area contributed by atoms with E-state index in [4.69, 9.17) is 30.5 Å². The minimum atomic E-state index is -0.326. The molecule has 3 aromatic carbocycles. The van der Waals surface area contributed by atoms with Crippen molar-refractivity contribution in [3.63, 3.8) is 0 Å². The van der Waals surface area contributed by atoms with E-state index in [9.17, 15) is 4.79 Å². The maximum absolute atomic E-state index is 13.5. The zero-order valence-corrected chi connectivity index (χ0v) is 22.0. The van der Waals surface area contributed by atoms with Crippen LogP contribution in [-0.2, 0) is 0 Å². The Morgan fingerprint density at radius 3 is 2.69 bits per heavy atom. The Kier molecular flexibility index (Phi) is 6.55. The molecule has 0 bridgehead atoms. The molecule has 2 aromatic heterocycles. The molecule has 0 amide bonds. The Hall–Kier alpha value is -3.62. The summed E-state index contributed by atoms with van der Waals surface area (Å²) < 4.78 is 19.3. The molecular weight excluding hydrogens is 546 g/mol. The number of methoxy groups -OCH3 is 1. The number of benzene rings is 3. The maximum Gasteiger partial charge on any atom is 0.282 e. The summed E-state index contributed by atoms with van der Waals surface area (Å²) in [6.07, 6.45) is 1.54. The van der Waals surface area contributed by atoms with Crippen LogP contribution in [0.15, 0.2) is 79.4 Å². The van der Waals surface area contributed by atoms with E-state index < -0.39 is 0 Å². The molecular formula is C27H21BrClN3O4. The number of para-hydroxylation sites is 1. The van der Waals surface area contributed by atoms with E-state index in [1.54, 1.807) is 61.9 Å². The average Bonchev–Trinajstić information content (AvgIpc) is 3.27. The van der Waals surface area contributed by atoms with Gasteiger partial charge in [0.1, 0.15) is 5.58 Å². The van der Waals surface area contributed by atoms with Crippen molar-refractivity contribution in [3.05, 3.63) is 86.1 Å². The zero-order valence-electron chi connectivity index (χ0n) is 19.7. The summed E-state index contributed by atoms with van der Waals surface area (Å²) in [6, 6.07) is 17.8. The van der Waals surface area contributed by atoms with E-state index in [2.05, 4.69) is 21.0 Å². The molecule has 9 heteroatoms. The van der Waals surface area contributed by atoms with Gasteiger partial charge in [-0.25, -0.2) is 4.98 Å². The molecule has 0 unspecified atom stereocenters. The molecule has 0 aliphatic carbocycles. The normalized spacial score (nSPS) is 11.7. The molecule has 0 fully saturated rings. The topological polar surface area (TPSA) is 78.9 Å². The fraction of sp³-hybridized carbons (Fsp3) is 0.148. The highest BCUT2D eigenvalue weighted by Gasteiger charge is 2.17. The fourth-order valence-electron chi connectivity index (χ4n) is 3.79. The SMILES string of the molecule is COc1cc(C=Nn2c(-c3cc4cc(Cl)ccc4o3)nc3ccccc3c2=O)c(Br)cc1OC(C)C. The van der Waals surface area contributed by atoms with E-state index in [1.807, 2.05) is 26.0 Å². The van der Waals surface area contributed by atoms with Gasteiger partial charge in [0.05, 0.1) is 30.3 Å². The number of ether oxygens (including phenoxy) is 2. The maximum atomic E-state index is 13.5. The highest BCUT2D eigenvalue weighted by molar-refractivity contribution is 9.10. The van der Waals surface area contributed by atoms with Crippen molar-refractivity contribution < 1.29 is 13.9 Å². The second-order valence-corrected chi connectivity index (χ2v) is 9.59. The van der Waals surface area contributed by atoms with Gasteiger partial charge < -0.3 is 13.9 Å². The number of furan rings is 1. The fourth-order valence-corrected chi connectivity index (χ4v) is 4.40. The Morgan fingerprint density at radius 2 is 1.92 bits per heavy atom. The van der Waals surface area contributed by atoms with Crippen LogP contribution < -0.4 is 15.0 Å². The van der Waals surface area contributed by atoms with E-state index in [0.29, 0.717) is 44.3 Å². The second kappa shape index (κ2) is 9.79. The first kappa shape index (κ1) is 24.1. The van der Waals surface area contributed by atoms with Crippen molar-refractivity contribution in [3.8, 4) is 23.1 Å². The lowest BCUT2D eigenvalue weighted by Gasteiger charge is -2.15. The molecule has 36 heavy (non-hydrogen) atoms. The third-order valence-electron chi connectivity index (χ3n) is 5.41. The third-order valence-corrected chi connectivity index (χ3v) is 6.33. The van der Waals surface area contributed by atoms with Gasteiger partial charge in [-0.1, -0.05) is 23.7 Å². The molecule has 0 aliphatic rings. The average molecular weight is 567 g/mol. The lowest BCUT2D eigenvalue weighted by molar-refractivity contribution is 0.230. The Labute approximate surface area is 220 Å². The Balaban J connectivity index is 1.67. The number of nitrogens with zero attached hydrogens (tertiary/aromatic N) is 3. The quantitative estimate of drug-likeness (QED) is 0.209. The summed E-state index contributed by atoms with van der Waals surface area (Å²) in [5.74, 6) is 1.81. The van der Waals surface area contributed by atoms with Crippen LogP contribution in [0, 0.1) is 0 Å². The molecule has 2 heterocycles. The summed E-state index contributed by atoms with van der Waals surface area (Å²) in [6.45, 7) is 3.88. The van der Waals surface area contributed by atoms with Crippen LogP contribution in [0.4, 0.5) is 0 Å². The minimum Gasteiger partial charge on any atom is -0.493 e. The van der Waals surface area contributed by atoms with Crippen molar-refractivity contribution in [2.24, 2.45) is 5.10 Å². The van der Waals surface area contributed by atoms with Crippen LogP contribution in [0.3, 0.4) is 0 Å². The number of aromatic nitrogens is 2. The van der Waals surface area contributed by atoms with Gasteiger partial charge in [-0.3, -0.25) is 4.79 Å². The molecule has 182 valence electrons. The largest absolute Gasteiger partial charge is 0.493 e. The highest BCUT2D eigenvalue weighted by atomic mass is 79.9. The highest BCUT2D eigenvalue weighted by Crippen LogP contribution is 2.34. The van der Waals surface area contributed by atoms with Gasteiger partial charge in [0.2, 0.25) is 5.82 Å². The number of halogens is 2. The first-order valence-corrected chi connectivity index (χ1v) is 12.3. The molecule has 0 aliphatic heterocycles. The number of hydrogen-bond donors (Lipinski definition) is 0. The standard InChI is InChI=1S/C27H21BrClN3O4/c1-15(2)35-24-13-20(28)17(12-23(24)34-3)14-30-32-26(31-21-7-5-4-6-19(21)27(32)33)25-11-16-10-18(29)8-9-22(16)36-25/h4-15H,1-3H3. The lowest BCUT2D eigenvalue weighted by atomic mass is 10.2. The molecule has 0 spiro atoms. The number of fused-ring (bicyclic) bond motifs is 2. The van der Waals surface area contributed by atoms with Crippen LogP contribution in [0.5, 0.6) is 11.5 Å². The summed E-state index contributed by atoms with van der Waals surface area (Å²) in [7, 11) is 1.57. The smallest absolute Gasteiger partial charge is 0.282 e. The molecule has 5 aromatic rings. The number of rotatable bonds is 6. The van der Waals surface area contributed by atoms with Crippen molar-refractivity contribution in [1.29, 1.82) is 0 Å². The lowest BCUT2D eigenvalue weighted by Crippen LogP contribution is -2.20. The predicted octanol–water partition coefficient (Wildman–Crippen LogP) is 6.90. The van der Waals surface area contributed by atoms with E-state index in [0.717, 1.165) is 9.86 Å². The summed E-state index contributed by atoms with van der Waals surface area (Å²) in [5.41, 5.74) is 1.53. The van der Waals surface area contributed by atoms with Gasteiger partial charge in [0.25, 0.3) is 5.56 Å². The molecule has 0 saturated carbocycles. The molecule has 0 N–H and O–H groups in total. The van der Waals surface area contributed by atoms with Crippen LogP contribution in [0.2, 0.25) is 5.02 Å². The molecule has 0 atom stereocenters. The van der Waals surface area contributed by atoms with Gasteiger partial charge in [-0.2, -0.15) is 9.78 Å². The van der Waals surface area contributed by atoms with Crippen LogP contribution in [0.1, 0.15) is 19.4 Å². The van der Waals surface area contributed by atoms with E-state index in [1.165, 1.54) is 4.68 Å². The predicted molar refractivity (Wildman–Crippen MR) is 146 cm³/mol. The van der Waals surface area contributed by atoms with Crippen molar-refractivity contribution in [2.75, 3.05) is 7.11 Å². The van der Waals surface area contributed by atoms with Crippen molar-refractivity contribution in [2.45, 2.75) is 20.0 Å². The van der Waals surface area contributed by atoms with Gasteiger partial charge >= 0.3 is 0 Å². The zero-order chi connectivity index (χ0) is 25.4. The van der Waals surface area contributed by atoms with Crippen molar-refractivity contribution in [1.82, 2.24) is 9.66 Å². The van der Waals surface area contributed by atoms with Crippen LogP contribution in [-0.4, -0.2) is 29.1 Å². The number of hydrogen-bond acceptors (Lipinski definition) is 6. The first-order chi connectivity index (χ1) is 17.3. The van der Waals surface area contributed by atoms with Gasteiger partial charge in [-0.15, -0.1) is 0 Å². The summed E-state index contributed by atoms with van der Waals surface area (Å²) >= 11 is 9.71.